The van der Waals surface area contributed by atoms with Crippen molar-refractivity contribution in [1.29, 1.82) is 0 Å². The Labute approximate surface area is 197 Å². The van der Waals surface area contributed by atoms with Crippen LogP contribution in [0.2, 0.25) is 10.0 Å². The molecule has 4 rings (SSSR count). The van der Waals surface area contributed by atoms with Gasteiger partial charge in [-0.15, -0.1) is 0 Å². The fourth-order valence-electron chi connectivity index (χ4n) is 3.85. The molecule has 0 aliphatic rings. The zero-order chi connectivity index (χ0) is 22.5. The normalized spacial score (nSPS) is 12.1. The summed E-state index contributed by atoms with van der Waals surface area (Å²) in [5, 5.41) is 4.23. The second kappa shape index (κ2) is 10.2. The summed E-state index contributed by atoms with van der Waals surface area (Å²) in [6.07, 6.45) is 3.77. The number of nitrogens with one attached hydrogen (secondary N) is 1. The molecule has 0 saturated carbocycles. The number of para-hydroxylation sites is 2. The van der Waals surface area contributed by atoms with Gasteiger partial charge in [-0.3, -0.25) is 9.78 Å². The number of halogens is 2. The molecule has 0 unspecified atom stereocenters. The van der Waals surface area contributed by atoms with Crippen LogP contribution in [0.25, 0.3) is 11.0 Å². The molecule has 1 N–H and O–H groups in total. The Bertz CT molecular complexity index is 1220. The maximum atomic E-state index is 13.3. The average Bonchev–Trinajstić information content (AvgIpc) is 3.16. The molecule has 7 heteroatoms. The quantitative estimate of drug-likeness (QED) is 0.347. The first-order valence-electron chi connectivity index (χ1n) is 10.6. The van der Waals surface area contributed by atoms with Crippen LogP contribution < -0.4 is 5.32 Å². The number of carbonyl (C=O) groups excluding carboxylic acids is 1. The summed E-state index contributed by atoms with van der Waals surface area (Å²) >= 11 is 12.5. The highest BCUT2D eigenvalue weighted by atomic mass is 35.5. The number of nitrogens with zero attached hydrogens (tertiary/aromatic N) is 3. The van der Waals surface area contributed by atoms with Gasteiger partial charge in [0.2, 0.25) is 5.91 Å². The SMILES string of the molecule is CCC[C@@H](C(=O)NCc1ccccn1)n1c(Cc2ccc(Cl)cc2Cl)nc2ccccc21. The standard InChI is InChI=1S/C25H24Cl2N4O/c1-2-7-23(25(32)29-16-19-8-5-6-13-28-19)31-22-10-4-3-9-21(22)30-24(31)14-17-11-12-18(26)15-20(17)27/h3-6,8-13,15,23H,2,7,14,16H2,1H3,(H,29,32)/t23-/m0/s1. The summed E-state index contributed by atoms with van der Waals surface area (Å²) in [5.41, 5.74) is 3.52. The van der Waals surface area contributed by atoms with E-state index in [2.05, 4.69) is 21.8 Å². The summed E-state index contributed by atoms with van der Waals surface area (Å²) in [6.45, 7) is 2.46. The van der Waals surface area contributed by atoms with Crippen molar-refractivity contribution in [1.82, 2.24) is 19.9 Å². The van der Waals surface area contributed by atoms with Crippen molar-refractivity contribution in [2.45, 2.75) is 38.8 Å². The molecule has 2 aromatic carbocycles. The number of carbonyl (C=O) groups is 1. The summed E-state index contributed by atoms with van der Waals surface area (Å²) in [7, 11) is 0. The molecule has 0 fully saturated rings. The number of pyridine rings is 1. The third-order valence-corrected chi connectivity index (χ3v) is 5.97. The predicted octanol–water partition coefficient (Wildman–Crippen LogP) is 5.99. The van der Waals surface area contributed by atoms with E-state index in [1.807, 2.05) is 54.6 Å². The number of benzene rings is 2. The van der Waals surface area contributed by atoms with Gasteiger partial charge in [0.25, 0.3) is 0 Å². The van der Waals surface area contributed by atoms with Crippen LogP contribution in [0.15, 0.2) is 66.9 Å². The van der Waals surface area contributed by atoms with Crippen LogP contribution >= 0.6 is 23.2 Å². The lowest BCUT2D eigenvalue weighted by Crippen LogP contribution is -2.33. The van der Waals surface area contributed by atoms with Crippen molar-refractivity contribution in [3.63, 3.8) is 0 Å². The summed E-state index contributed by atoms with van der Waals surface area (Å²) < 4.78 is 2.05. The lowest BCUT2D eigenvalue weighted by Gasteiger charge is -2.21. The first-order valence-corrected chi connectivity index (χ1v) is 11.4. The molecule has 5 nitrogen and oxygen atoms in total. The van der Waals surface area contributed by atoms with Crippen molar-refractivity contribution in [3.05, 3.63) is 94.0 Å². The molecular weight excluding hydrogens is 443 g/mol. The van der Waals surface area contributed by atoms with Crippen LogP contribution in [0.3, 0.4) is 0 Å². The number of fused-ring (bicyclic) bond motifs is 1. The molecule has 0 aliphatic carbocycles. The Balaban J connectivity index is 1.70. The monoisotopic (exact) mass is 466 g/mol. The minimum atomic E-state index is -0.391. The van der Waals surface area contributed by atoms with Crippen molar-refractivity contribution < 1.29 is 4.79 Å². The van der Waals surface area contributed by atoms with Crippen molar-refractivity contribution in [3.8, 4) is 0 Å². The van der Waals surface area contributed by atoms with Gasteiger partial charge in [0.1, 0.15) is 11.9 Å². The molecule has 4 aromatic rings. The van der Waals surface area contributed by atoms with Gasteiger partial charge in [0.15, 0.2) is 0 Å². The first kappa shape index (κ1) is 22.3. The fraction of sp³-hybridized carbons (Fsp3) is 0.240. The first-order chi connectivity index (χ1) is 15.6. The minimum Gasteiger partial charge on any atom is -0.349 e. The second-order valence-corrected chi connectivity index (χ2v) is 8.49. The Morgan fingerprint density at radius 3 is 2.66 bits per heavy atom. The molecule has 32 heavy (non-hydrogen) atoms. The maximum Gasteiger partial charge on any atom is 0.243 e. The zero-order valence-corrected chi connectivity index (χ0v) is 19.3. The van der Waals surface area contributed by atoms with Gasteiger partial charge >= 0.3 is 0 Å². The average molecular weight is 467 g/mol. The molecule has 0 radical (unpaired) electrons. The minimum absolute atomic E-state index is 0.0518. The van der Waals surface area contributed by atoms with Crippen molar-refractivity contribution >= 4 is 40.1 Å². The van der Waals surface area contributed by atoms with Crippen LogP contribution in [0, 0.1) is 0 Å². The maximum absolute atomic E-state index is 13.3. The second-order valence-electron chi connectivity index (χ2n) is 7.64. The van der Waals surface area contributed by atoms with E-state index in [1.54, 1.807) is 12.3 Å². The highest BCUT2D eigenvalue weighted by Crippen LogP contribution is 2.29. The Hall–Kier alpha value is -2.89. The zero-order valence-electron chi connectivity index (χ0n) is 17.8. The number of aromatic nitrogens is 3. The Morgan fingerprint density at radius 1 is 1.09 bits per heavy atom. The lowest BCUT2D eigenvalue weighted by molar-refractivity contribution is -0.124. The van der Waals surface area contributed by atoms with Crippen molar-refractivity contribution in [2.75, 3.05) is 0 Å². The molecule has 0 saturated heterocycles. The third-order valence-electron chi connectivity index (χ3n) is 5.38. The smallest absolute Gasteiger partial charge is 0.243 e. The fourth-order valence-corrected chi connectivity index (χ4v) is 4.33. The van der Waals surface area contributed by atoms with E-state index in [0.717, 1.165) is 34.5 Å². The van der Waals surface area contributed by atoms with E-state index in [4.69, 9.17) is 28.2 Å². The summed E-state index contributed by atoms with van der Waals surface area (Å²) in [5.74, 6) is 0.742. The number of amides is 1. The topological polar surface area (TPSA) is 59.8 Å². The van der Waals surface area contributed by atoms with E-state index in [1.165, 1.54) is 0 Å². The van der Waals surface area contributed by atoms with E-state index in [9.17, 15) is 4.79 Å². The van der Waals surface area contributed by atoms with Crippen LogP contribution in [0.5, 0.6) is 0 Å². The molecular formula is C25H24Cl2N4O. The molecule has 1 atom stereocenters. The van der Waals surface area contributed by atoms with E-state index in [-0.39, 0.29) is 5.91 Å². The molecule has 1 amide bonds. The predicted molar refractivity (Wildman–Crippen MR) is 129 cm³/mol. The molecule has 0 aliphatic heterocycles. The van der Waals surface area contributed by atoms with Gasteiger partial charge in [-0.1, -0.05) is 60.8 Å². The van der Waals surface area contributed by atoms with E-state index < -0.39 is 6.04 Å². The number of rotatable bonds is 8. The van der Waals surface area contributed by atoms with Gasteiger partial charge < -0.3 is 9.88 Å². The van der Waals surface area contributed by atoms with Gasteiger partial charge in [-0.25, -0.2) is 4.98 Å². The van der Waals surface area contributed by atoms with Gasteiger partial charge in [0, 0.05) is 22.7 Å². The lowest BCUT2D eigenvalue weighted by atomic mass is 10.1. The van der Waals surface area contributed by atoms with Gasteiger partial charge in [-0.2, -0.15) is 0 Å². The largest absolute Gasteiger partial charge is 0.349 e. The number of hydrogen-bond donors (Lipinski definition) is 1. The molecule has 2 aromatic heterocycles. The molecule has 0 bridgehead atoms. The molecule has 2 heterocycles. The molecule has 164 valence electrons. The van der Waals surface area contributed by atoms with Crippen LogP contribution in [0.1, 0.15) is 42.9 Å². The highest BCUT2D eigenvalue weighted by Gasteiger charge is 2.25. The highest BCUT2D eigenvalue weighted by molar-refractivity contribution is 6.35. The van der Waals surface area contributed by atoms with Gasteiger partial charge in [0.05, 0.1) is 23.3 Å². The number of hydrogen-bond acceptors (Lipinski definition) is 3. The van der Waals surface area contributed by atoms with E-state index >= 15 is 0 Å². The van der Waals surface area contributed by atoms with E-state index in [0.29, 0.717) is 29.4 Å². The number of imidazole rings is 1. The van der Waals surface area contributed by atoms with Crippen LogP contribution in [-0.2, 0) is 17.8 Å². The van der Waals surface area contributed by atoms with Crippen molar-refractivity contribution in [2.24, 2.45) is 0 Å². The Kier molecular flexibility index (Phi) is 7.08. The Morgan fingerprint density at radius 2 is 1.91 bits per heavy atom. The third kappa shape index (κ3) is 4.95. The van der Waals surface area contributed by atoms with Crippen LogP contribution in [-0.4, -0.2) is 20.4 Å². The van der Waals surface area contributed by atoms with Gasteiger partial charge in [-0.05, 0) is 48.4 Å². The summed E-state index contributed by atoms with van der Waals surface area (Å²) in [4.78, 5) is 22.5. The van der Waals surface area contributed by atoms with Crippen LogP contribution in [0.4, 0.5) is 0 Å². The summed E-state index contributed by atoms with van der Waals surface area (Å²) in [6, 6.07) is 18.6. The molecule has 0 spiro atoms.